The van der Waals surface area contributed by atoms with Gasteiger partial charge in [-0.2, -0.15) is 5.26 Å². The van der Waals surface area contributed by atoms with Crippen LogP contribution < -0.4 is 4.90 Å². The zero-order valence-electron chi connectivity index (χ0n) is 9.64. The minimum atomic E-state index is -0.00772. The Hall–Kier alpha value is -2.09. The van der Waals surface area contributed by atoms with Gasteiger partial charge < -0.3 is 9.80 Å². The summed E-state index contributed by atoms with van der Waals surface area (Å²) in [5.74, 6) is 0.612. The van der Waals surface area contributed by atoms with Gasteiger partial charge in [0.25, 0.3) is 0 Å². The quantitative estimate of drug-likeness (QED) is 0.740. The first-order valence-corrected chi connectivity index (χ1v) is 4.82. The van der Waals surface area contributed by atoms with Gasteiger partial charge in [-0.25, -0.2) is 4.98 Å². The van der Waals surface area contributed by atoms with Crippen LogP contribution >= 0.6 is 0 Å². The second-order valence-corrected chi connectivity index (χ2v) is 3.66. The van der Waals surface area contributed by atoms with Crippen molar-refractivity contribution in [3.8, 4) is 6.07 Å². The Morgan fingerprint density at radius 1 is 1.50 bits per heavy atom. The molecule has 0 saturated heterocycles. The third-order valence-corrected chi connectivity index (χ3v) is 2.14. The number of hydrogen-bond acceptors (Lipinski definition) is 4. The topological polar surface area (TPSA) is 60.2 Å². The minimum Gasteiger partial charge on any atom is -0.350 e. The number of aromatic nitrogens is 1. The molecule has 1 amide bonds. The van der Waals surface area contributed by atoms with Gasteiger partial charge in [-0.3, -0.25) is 4.79 Å². The molecule has 0 atom stereocenters. The van der Waals surface area contributed by atoms with Crippen molar-refractivity contribution in [2.75, 3.05) is 32.6 Å². The third-order valence-electron chi connectivity index (χ3n) is 2.14. The van der Waals surface area contributed by atoms with Crippen molar-refractivity contribution in [2.24, 2.45) is 0 Å². The Morgan fingerprint density at radius 3 is 2.75 bits per heavy atom. The van der Waals surface area contributed by atoms with E-state index in [4.69, 9.17) is 5.26 Å². The Labute approximate surface area is 94.9 Å². The van der Waals surface area contributed by atoms with Gasteiger partial charge in [-0.1, -0.05) is 0 Å². The minimum absolute atomic E-state index is 0.00772. The number of amides is 1. The van der Waals surface area contributed by atoms with Crippen LogP contribution in [0.4, 0.5) is 5.82 Å². The van der Waals surface area contributed by atoms with Crippen LogP contribution in [-0.2, 0) is 4.79 Å². The summed E-state index contributed by atoms with van der Waals surface area (Å²) in [5.41, 5.74) is 0.536. The molecular formula is C11H14N4O. The van der Waals surface area contributed by atoms with Crippen LogP contribution in [0.1, 0.15) is 5.56 Å². The monoisotopic (exact) mass is 218 g/mol. The Kier molecular flexibility index (Phi) is 3.84. The van der Waals surface area contributed by atoms with Crippen LogP contribution in [0.25, 0.3) is 0 Å². The van der Waals surface area contributed by atoms with Crippen LogP contribution in [0.5, 0.6) is 0 Å². The maximum atomic E-state index is 11.5. The zero-order valence-corrected chi connectivity index (χ0v) is 9.64. The number of carbonyl (C=O) groups is 1. The molecule has 16 heavy (non-hydrogen) atoms. The lowest BCUT2D eigenvalue weighted by atomic mass is 10.3. The fraction of sp³-hybridized carbons (Fsp3) is 0.364. The summed E-state index contributed by atoms with van der Waals surface area (Å²) in [6.45, 7) is 0.245. The molecule has 1 rings (SSSR count). The van der Waals surface area contributed by atoms with E-state index in [9.17, 15) is 4.79 Å². The van der Waals surface area contributed by atoms with Gasteiger partial charge in [0.2, 0.25) is 5.91 Å². The molecule has 0 bridgehead atoms. The molecule has 0 N–H and O–H groups in total. The van der Waals surface area contributed by atoms with Gasteiger partial charge in [0, 0.05) is 27.3 Å². The average Bonchev–Trinajstić information content (AvgIpc) is 2.28. The molecule has 0 aromatic carbocycles. The highest BCUT2D eigenvalue weighted by atomic mass is 16.2. The van der Waals surface area contributed by atoms with Crippen molar-refractivity contribution < 1.29 is 4.79 Å². The lowest BCUT2D eigenvalue weighted by Crippen LogP contribution is -2.34. The van der Waals surface area contributed by atoms with E-state index in [2.05, 4.69) is 4.98 Å². The van der Waals surface area contributed by atoms with Crippen LogP contribution in [0, 0.1) is 11.3 Å². The van der Waals surface area contributed by atoms with Crippen molar-refractivity contribution in [1.82, 2.24) is 9.88 Å². The highest BCUT2D eigenvalue weighted by molar-refractivity contribution is 5.80. The van der Waals surface area contributed by atoms with Crippen molar-refractivity contribution in [3.05, 3.63) is 23.9 Å². The summed E-state index contributed by atoms with van der Waals surface area (Å²) in [4.78, 5) is 18.8. The molecule has 1 heterocycles. The third kappa shape index (κ3) is 2.95. The smallest absolute Gasteiger partial charge is 0.241 e. The van der Waals surface area contributed by atoms with E-state index in [-0.39, 0.29) is 12.5 Å². The van der Waals surface area contributed by atoms with Crippen LogP contribution in [-0.4, -0.2) is 43.5 Å². The van der Waals surface area contributed by atoms with E-state index < -0.39 is 0 Å². The van der Waals surface area contributed by atoms with E-state index in [1.54, 1.807) is 44.4 Å². The van der Waals surface area contributed by atoms with Gasteiger partial charge in [-0.05, 0) is 12.1 Å². The standard InChI is InChI=1S/C11H14N4O/c1-14(2)11(16)8-15(3)10-6-9(7-12)4-5-13-10/h4-6H,8H2,1-3H3. The predicted octanol–water partition coefficient (Wildman–Crippen LogP) is 0.478. The highest BCUT2D eigenvalue weighted by Gasteiger charge is 2.10. The van der Waals surface area contributed by atoms with Crippen molar-refractivity contribution in [1.29, 1.82) is 5.26 Å². The Balaban J connectivity index is 2.77. The molecule has 0 spiro atoms. The maximum absolute atomic E-state index is 11.5. The maximum Gasteiger partial charge on any atom is 0.241 e. The number of rotatable bonds is 3. The second-order valence-electron chi connectivity index (χ2n) is 3.66. The number of carbonyl (C=O) groups excluding carboxylic acids is 1. The molecule has 5 heteroatoms. The van der Waals surface area contributed by atoms with Crippen LogP contribution in [0.2, 0.25) is 0 Å². The molecule has 1 aromatic heterocycles. The number of anilines is 1. The Morgan fingerprint density at radius 2 is 2.19 bits per heavy atom. The molecule has 5 nitrogen and oxygen atoms in total. The van der Waals surface area contributed by atoms with Gasteiger partial charge in [0.15, 0.2) is 0 Å². The normalized spacial score (nSPS) is 9.38. The van der Waals surface area contributed by atoms with E-state index in [1.165, 1.54) is 4.90 Å². The lowest BCUT2D eigenvalue weighted by molar-refractivity contribution is -0.127. The number of likely N-dealkylation sites (N-methyl/N-ethyl adjacent to an activating group) is 2. The molecule has 0 aliphatic rings. The molecule has 0 aliphatic heterocycles. The first-order valence-electron chi connectivity index (χ1n) is 4.82. The summed E-state index contributed by atoms with van der Waals surface area (Å²) < 4.78 is 0. The molecule has 0 unspecified atom stereocenters. The first-order chi connectivity index (χ1) is 7.54. The largest absolute Gasteiger partial charge is 0.350 e. The van der Waals surface area contributed by atoms with Crippen LogP contribution in [0.3, 0.4) is 0 Å². The predicted molar refractivity (Wildman–Crippen MR) is 60.9 cm³/mol. The molecular weight excluding hydrogens is 204 g/mol. The highest BCUT2D eigenvalue weighted by Crippen LogP contribution is 2.10. The summed E-state index contributed by atoms with van der Waals surface area (Å²) in [7, 11) is 5.18. The molecule has 84 valence electrons. The van der Waals surface area contributed by atoms with Crippen molar-refractivity contribution >= 4 is 11.7 Å². The molecule has 1 aromatic rings. The van der Waals surface area contributed by atoms with Gasteiger partial charge in [0.1, 0.15) is 5.82 Å². The molecule has 0 radical (unpaired) electrons. The second kappa shape index (κ2) is 5.12. The van der Waals surface area contributed by atoms with E-state index in [0.29, 0.717) is 11.4 Å². The fourth-order valence-electron chi connectivity index (χ4n) is 1.12. The van der Waals surface area contributed by atoms with Gasteiger partial charge >= 0.3 is 0 Å². The van der Waals surface area contributed by atoms with Crippen molar-refractivity contribution in [2.45, 2.75) is 0 Å². The van der Waals surface area contributed by atoms with E-state index >= 15 is 0 Å². The summed E-state index contributed by atoms with van der Waals surface area (Å²) in [6, 6.07) is 5.32. The summed E-state index contributed by atoms with van der Waals surface area (Å²) in [6.07, 6.45) is 1.56. The van der Waals surface area contributed by atoms with E-state index in [0.717, 1.165) is 0 Å². The van der Waals surface area contributed by atoms with Gasteiger partial charge in [0.05, 0.1) is 18.2 Å². The average molecular weight is 218 g/mol. The molecule has 0 saturated carbocycles. The number of pyridine rings is 1. The number of nitriles is 1. The fourth-order valence-corrected chi connectivity index (χ4v) is 1.12. The summed E-state index contributed by atoms with van der Waals surface area (Å²) >= 11 is 0. The number of hydrogen-bond donors (Lipinski definition) is 0. The van der Waals surface area contributed by atoms with Gasteiger partial charge in [-0.15, -0.1) is 0 Å². The molecule has 0 aliphatic carbocycles. The zero-order chi connectivity index (χ0) is 12.1. The Bertz CT molecular complexity index is 422. The lowest BCUT2D eigenvalue weighted by Gasteiger charge is -2.19. The first kappa shape index (κ1) is 12.0. The van der Waals surface area contributed by atoms with Crippen LogP contribution in [0.15, 0.2) is 18.3 Å². The van der Waals surface area contributed by atoms with Crippen molar-refractivity contribution in [3.63, 3.8) is 0 Å². The molecule has 0 fully saturated rings. The summed E-state index contributed by atoms with van der Waals surface area (Å²) in [5, 5.41) is 8.74. The SMILES string of the molecule is CN(C)C(=O)CN(C)c1cc(C#N)ccn1. The number of nitrogens with zero attached hydrogens (tertiary/aromatic N) is 4. The van der Waals surface area contributed by atoms with E-state index in [1.807, 2.05) is 6.07 Å².